The minimum atomic E-state index is -1.55. The average Bonchev–Trinajstić information content (AvgIpc) is 2.03. The Morgan fingerprint density at radius 1 is 1.69 bits per heavy atom. The summed E-state index contributed by atoms with van der Waals surface area (Å²) in [6.45, 7) is 0.370. The maximum absolute atomic E-state index is 13.6. The second-order valence-electron chi connectivity index (χ2n) is 3.59. The van der Waals surface area contributed by atoms with Gasteiger partial charge in [0.2, 0.25) is 5.91 Å². The van der Waals surface area contributed by atoms with Gasteiger partial charge in [-0.1, -0.05) is 0 Å². The number of likely N-dealkylation sites (tertiary alicyclic amines) is 1. The van der Waals surface area contributed by atoms with Crippen molar-refractivity contribution in [3.63, 3.8) is 0 Å². The van der Waals surface area contributed by atoms with Gasteiger partial charge in [0.25, 0.3) is 0 Å². The molecule has 3 N–H and O–H groups in total. The maximum atomic E-state index is 13.6. The monoisotopic (exact) mass is 190 g/mol. The number of nitrogens with zero attached hydrogens (tertiary/aromatic N) is 1. The van der Waals surface area contributed by atoms with Crippen LogP contribution in [0, 0.1) is 0 Å². The molecule has 13 heavy (non-hydrogen) atoms. The number of primary amides is 1. The maximum Gasteiger partial charge on any atom is 0.231 e. The van der Waals surface area contributed by atoms with E-state index in [1.807, 2.05) is 0 Å². The van der Waals surface area contributed by atoms with Crippen molar-refractivity contribution in [3.05, 3.63) is 0 Å². The molecule has 0 saturated carbocycles. The molecule has 1 aliphatic heterocycles. The van der Waals surface area contributed by atoms with Crippen molar-refractivity contribution in [1.29, 1.82) is 0 Å². The zero-order valence-corrected chi connectivity index (χ0v) is 7.50. The Bertz CT molecular complexity index is 201. The number of aliphatic hydroxyl groups excluding tert-OH is 1. The quantitative estimate of drug-likeness (QED) is 0.616. The normalized spacial score (nSPS) is 30.3. The molecule has 1 fully saturated rings. The molecular formula is C8H15FN2O2. The van der Waals surface area contributed by atoms with E-state index in [0.717, 1.165) is 0 Å². The Kier molecular flexibility index (Phi) is 3.22. The lowest BCUT2D eigenvalue weighted by atomic mass is 9.96. The van der Waals surface area contributed by atoms with Crippen LogP contribution in [-0.2, 0) is 4.79 Å². The van der Waals surface area contributed by atoms with Crippen LogP contribution in [0.2, 0.25) is 0 Å². The summed E-state index contributed by atoms with van der Waals surface area (Å²) in [6, 6.07) is 0. The van der Waals surface area contributed by atoms with E-state index >= 15 is 0 Å². The molecule has 1 saturated heterocycles. The number of carbonyl (C=O) groups excluding carboxylic acids is 1. The molecule has 0 bridgehead atoms. The molecule has 0 aromatic carbocycles. The topological polar surface area (TPSA) is 66.6 Å². The molecule has 1 amide bonds. The van der Waals surface area contributed by atoms with Crippen molar-refractivity contribution in [2.24, 2.45) is 5.73 Å². The average molecular weight is 190 g/mol. The summed E-state index contributed by atoms with van der Waals surface area (Å²) in [5.74, 6) is -0.456. The van der Waals surface area contributed by atoms with Gasteiger partial charge in [-0.2, -0.15) is 0 Å². The molecular weight excluding hydrogens is 175 g/mol. The van der Waals surface area contributed by atoms with E-state index < -0.39 is 18.2 Å². The number of aliphatic hydroxyl groups is 1. The van der Waals surface area contributed by atoms with E-state index in [0.29, 0.717) is 19.4 Å². The first-order valence-electron chi connectivity index (χ1n) is 4.36. The first-order valence-corrected chi connectivity index (χ1v) is 4.36. The fraction of sp³-hybridized carbons (Fsp3) is 0.875. The standard InChI is InChI=1S/C8H15FN2O2/c9-8(6-12)2-1-3-11(5-8)4-7(10)13/h12H,1-6H2,(H2,10,13). The van der Waals surface area contributed by atoms with Crippen molar-refractivity contribution in [1.82, 2.24) is 4.90 Å². The predicted molar refractivity (Wildman–Crippen MR) is 45.8 cm³/mol. The highest BCUT2D eigenvalue weighted by molar-refractivity contribution is 5.75. The molecule has 5 heteroatoms. The van der Waals surface area contributed by atoms with Crippen LogP contribution in [0.25, 0.3) is 0 Å². The molecule has 76 valence electrons. The van der Waals surface area contributed by atoms with Crippen LogP contribution in [0.1, 0.15) is 12.8 Å². The number of amides is 1. The van der Waals surface area contributed by atoms with Gasteiger partial charge in [-0.05, 0) is 19.4 Å². The predicted octanol–water partition coefficient (Wildman–Crippen LogP) is -0.732. The van der Waals surface area contributed by atoms with Crippen molar-refractivity contribution >= 4 is 5.91 Å². The van der Waals surface area contributed by atoms with E-state index in [9.17, 15) is 9.18 Å². The third kappa shape index (κ3) is 2.93. The number of rotatable bonds is 3. The lowest BCUT2D eigenvalue weighted by Crippen LogP contribution is -2.49. The van der Waals surface area contributed by atoms with Gasteiger partial charge in [0.05, 0.1) is 13.2 Å². The third-order valence-electron chi connectivity index (χ3n) is 2.27. The Morgan fingerprint density at radius 3 is 2.92 bits per heavy atom. The van der Waals surface area contributed by atoms with E-state index in [1.165, 1.54) is 0 Å². The van der Waals surface area contributed by atoms with Crippen molar-refractivity contribution < 1.29 is 14.3 Å². The fourth-order valence-electron chi connectivity index (χ4n) is 1.66. The molecule has 1 heterocycles. The van der Waals surface area contributed by atoms with Gasteiger partial charge < -0.3 is 10.8 Å². The van der Waals surface area contributed by atoms with Crippen molar-refractivity contribution in [2.75, 3.05) is 26.2 Å². The third-order valence-corrected chi connectivity index (χ3v) is 2.27. The lowest BCUT2D eigenvalue weighted by molar-refractivity contribution is -0.120. The van der Waals surface area contributed by atoms with Gasteiger partial charge in [0.15, 0.2) is 0 Å². The lowest BCUT2D eigenvalue weighted by Gasteiger charge is -2.35. The van der Waals surface area contributed by atoms with Gasteiger partial charge in [-0.3, -0.25) is 9.69 Å². The molecule has 1 aliphatic rings. The largest absolute Gasteiger partial charge is 0.393 e. The second-order valence-corrected chi connectivity index (χ2v) is 3.59. The summed E-state index contributed by atoms with van der Waals surface area (Å²) in [5.41, 5.74) is 3.44. The highest BCUT2D eigenvalue weighted by Crippen LogP contribution is 2.24. The van der Waals surface area contributed by atoms with Crippen LogP contribution in [0.3, 0.4) is 0 Å². The zero-order chi connectivity index (χ0) is 9.90. The van der Waals surface area contributed by atoms with Crippen LogP contribution < -0.4 is 5.73 Å². The molecule has 1 rings (SSSR count). The summed E-state index contributed by atoms with van der Waals surface area (Å²) in [4.78, 5) is 12.2. The summed E-state index contributed by atoms with van der Waals surface area (Å²) < 4.78 is 13.6. The molecule has 4 nitrogen and oxygen atoms in total. The van der Waals surface area contributed by atoms with E-state index in [-0.39, 0.29) is 13.1 Å². The Labute approximate surface area is 76.5 Å². The van der Waals surface area contributed by atoms with Gasteiger partial charge in [-0.25, -0.2) is 4.39 Å². The SMILES string of the molecule is NC(=O)CN1CCCC(F)(CO)C1. The highest BCUT2D eigenvalue weighted by atomic mass is 19.1. The molecule has 0 aromatic rings. The fourth-order valence-corrected chi connectivity index (χ4v) is 1.66. The van der Waals surface area contributed by atoms with Gasteiger partial charge in [-0.15, -0.1) is 0 Å². The van der Waals surface area contributed by atoms with Gasteiger partial charge >= 0.3 is 0 Å². The highest BCUT2D eigenvalue weighted by Gasteiger charge is 2.34. The Morgan fingerprint density at radius 2 is 2.38 bits per heavy atom. The molecule has 0 aliphatic carbocycles. The van der Waals surface area contributed by atoms with Gasteiger partial charge in [0, 0.05) is 6.54 Å². The van der Waals surface area contributed by atoms with Gasteiger partial charge in [0.1, 0.15) is 5.67 Å². The molecule has 0 spiro atoms. The molecule has 1 unspecified atom stereocenters. The first-order chi connectivity index (χ1) is 6.06. The summed E-state index contributed by atoms with van der Waals surface area (Å²) in [7, 11) is 0. The van der Waals surface area contributed by atoms with Crippen LogP contribution in [0.4, 0.5) is 4.39 Å². The minimum Gasteiger partial charge on any atom is -0.393 e. The van der Waals surface area contributed by atoms with Crippen LogP contribution in [0.15, 0.2) is 0 Å². The second kappa shape index (κ2) is 4.02. The number of hydrogen-bond acceptors (Lipinski definition) is 3. The Balaban J connectivity index is 2.46. The first kappa shape index (κ1) is 10.4. The molecule has 1 atom stereocenters. The zero-order valence-electron chi connectivity index (χ0n) is 7.50. The number of nitrogens with two attached hydrogens (primary N) is 1. The number of piperidine rings is 1. The van der Waals surface area contributed by atoms with Crippen LogP contribution in [-0.4, -0.2) is 47.8 Å². The number of carbonyl (C=O) groups is 1. The number of halogens is 1. The number of alkyl halides is 1. The Hall–Kier alpha value is -0.680. The van der Waals surface area contributed by atoms with Crippen molar-refractivity contribution in [2.45, 2.75) is 18.5 Å². The summed E-state index contributed by atoms with van der Waals surface area (Å²) >= 11 is 0. The number of hydrogen-bond donors (Lipinski definition) is 2. The van der Waals surface area contributed by atoms with Crippen LogP contribution in [0.5, 0.6) is 0 Å². The van der Waals surface area contributed by atoms with E-state index in [4.69, 9.17) is 10.8 Å². The summed E-state index contributed by atoms with van der Waals surface area (Å²) in [6.07, 6.45) is 1.02. The van der Waals surface area contributed by atoms with E-state index in [2.05, 4.69) is 0 Å². The smallest absolute Gasteiger partial charge is 0.231 e. The molecule has 0 radical (unpaired) electrons. The van der Waals surface area contributed by atoms with E-state index in [1.54, 1.807) is 4.90 Å². The van der Waals surface area contributed by atoms with Crippen LogP contribution >= 0.6 is 0 Å². The van der Waals surface area contributed by atoms with Crippen molar-refractivity contribution in [3.8, 4) is 0 Å². The summed E-state index contributed by atoms with van der Waals surface area (Å²) in [5, 5.41) is 8.78. The minimum absolute atomic E-state index is 0.0751. The molecule has 0 aromatic heterocycles.